The minimum Gasteiger partial charge on any atom is -0.462 e. The third kappa shape index (κ3) is 4.95. The molecular weight excluding hydrogens is 468 g/mol. The number of hydrogen-bond donors (Lipinski definition) is 1. The van der Waals surface area contributed by atoms with Crippen LogP contribution in [0.3, 0.4) is 0 Å². The van der Waals surface area contributed by atoms with Crippen LogP contribution in [0.1, 0.15) is 93.4 Å². The fraction of sp³-hybridized carbons (Fsp3) is 0.774. The number of fused-ring (bicyclic) bond motifs is 5. The van der Waals surface area contributed by atoms with Crippen molar-refractivity contribution in [3.63, 3.8) is 0 Å². The zero-order valence-corrected chi connectivity index (χ0v) is 23.7. The van der Waals surface area contributed by atoms with Gasteiger partial charge in [-0.3, -0.25) is 14.4 Å². The molecule has 6 heteroatoms. The van der Waals surface area contributed by atoms with E-state index in [9.17, 15) is 19.5 Å². The second-order valence-electron chi connectivity index (χ2n) is 13.3. The van der Waals surface area contributed by atoms with Gasteiger partial charge < -0.3 is 14.6 Å². The van der Waals surface area contributed by atoms with Crippen LogP contribution in [0.25, 0.3) is 0 Å². The first kappa shape index (κ1) is 28.1. The lowest BCUT2D eigenvalue weighted by Gasteiger charge is -2.60. The Labute approximate surface area is 222 Å². The monoisotopic (exact) mass is 514 g/mol. The summed E-state index contributed by atoms with van der Waals surface area (Å²) in [5.41, 5.74) is -0.728. The van der Waals surface area contributed by atoms with Gasteiger partial charge in [-0.2, -0.15) is 0 Å². The molecule has 4 aliphatic carbocycles. The second-order valence-corrected chi connectivity index (χ2v) is 13.3. The second kappa shape index (κ2) is 9.98. The first-order valence-electron chi connectivity index (χ1n) is 14.2. The largest absolute Gasteiger partial charge is 0.462 e. The number of hydrogen-bond acceptors (Lipinski definition) is 6. The number of esters is 2. The Bertz CT molecular complexity index is 992. The molecule has 0 aromatic carbocycles. The van der Waals surface area contributed by atoms with Gasteiger partial charge in [0, 0.05) is 30.6 Å². The molecular formula is C31H46O6. The number of allylic oxidation sites excluding steroid dienone is 4. The van der Waals surface area contributed by atoms with Gasteiger partial charge in [-0.25, -0.2) is 0 Å². The molecule has 0 unspecified atom stereocenters. The van der Waals surface area contributed by atoms with Gasteiger partial charge in [0.1, 0.15) is 12.2 Å². The molecule has 37 heavy (non-hydrogen) atoms. The van der Waals surface area contributed by atoms with Crippen LogP contribution >= 0.6 is 0 Å². The molecule has 0 aromatic heterocycles. The molecule has 0 amide bonds. The summed E-state index contributed by atoms with van der Waals surface area (Å²) in [6, 6.07) is 0. The number of carbonyl (C=O) groups is 3. The van der Waals surface area contributed by atoms with E-state index in [-0.39, 0.29) is 40.9 Å². The molecule has 0 saturated heterocycles. The van der Waals surface area contributed by atoms with Crippen LogP contribution in [0, 0.1) is 40.4 Å². The summed E-state index contributed by atoms with van der Waals surface area (Å²) in [6.45, 7) is 13.5. The van der Waals surface area contributed by atoms with Crippen molar-refractivity contribution >= 4 is 17.7 Å². The quantitative estimate of drug-likeness (QED) is 0.447. The van der Waals surface area contributed by atoms with E-state index in [2.05, 4.69) is 33.8 Å². The van der Waals surface area contributed by atoms with Crippen LogP contribution in [0.15, 0.2) is 23.8 Å². The first-order valence-corrected chi connectivity index (χ1v) is 14.2. The zero-order chi connectivity index (χ0) is 27.3. The fourth-order valence-corrected chi connectivity index (χ4v) is 8.94. The average molecular weight is 515 g/mol. The maximum atomic E-state index is 12.4. The number of aliphatic hydroxyl groups is 1. The van der Waals surface area contributed by atoms with E-state index in [0.29, 0.717) is 31.1 Å². The lowest BCUT2D eigenvalue weighted by Crippen LogP contribution is -2.60. The van der Waals surface area contributed by atoms with E-state index in [1.54, 1.807) is 12.2 Å². The molecule has 9 atom stereocenters. The van der Waals surface area contributed by atoms with E-state index in [1.165, 1.54) is 13.8 Å². The van der Waals surface area contributed by atoms with Crippen LogP contribution in [0.4, 0.5) is 0 Å². The van der Waals surface area contributed by atoms with Crippen molar-refractivity contribution in [2.75, 3.05) is 0 Å². The summed E-state index contributed by atoms with van der Waals surface area (Å²) < 4.78 is 12.1. The number of ketones is 1. The highest BCUT2D eigenvalue weighted by atomic mass is 16.6. The van der Waals surface area contributed by atoms with Gasteiger partial charge in [0.05, 0.1) is 5.60 Å². The molecule has 206 valence electrons. The van der Waals surface area contributed by atoms with Crippen molar-refractivity contribution in [1.82, 2.24) is 0 Å². The van der Waals surface area contributed by atoms with Crippen molar-refractivity contribution in [3.05, 3.63) is 23.8 Å². The minimum atomic E-state index is -1.08. The third-order valence-corrected chi connectivity index (χ3v) is 10.4. The normalized spacial score (nSPS) is 40.2. The zero-order valence-electron chi connectivity index (χ0n) is 23.7. The Morgan fingerprint density at radius 3 is 2.43 bits per heavy atom. The van der Waals surface area contributed by atoms with Gasteiger partial charge in [-0.05, 0) is 74.9 Å². The summed E-state index contributed by atoms with van der Waals surface area (Å²) in [4.78, 5) is 36.9. The lowest BCUT2D eigenvalue weighted by molar-refractivity contribution is -0.199. The Morgan fingerprint density at radius 1 is 1.14 bits per heavy atom. The number of ether oxygens (including phenoxy) is 2. The Kier molecular flexibility index (Phi) is 7.57. The maximum Gasteiger partial charge on any atom is 0.302 e. The van der Waals surface area contributed by atoms with E-state index in [4.69, 9.17) is 9.47 Å². The molecule has 6 nitrogen and oxygen atoms in total. The summed E-state index contributed by atoms with van der Waals surface area (Å²) in [6.07, 6.45) is 10.3. The topological polar surface area (TPSA) is 89.9 Å². The molecule has 0 aromatic rings. The molecule has 1 N–H and O–H groups in total. The Hall–Kier alpha value is -1.95. The Morgan fingerprint density at radius 2 is 1.81 bits per heavy atom. The molecule has 0 aliphatic heterocycles. The molecule has 0 bridgehead atoms. The van der Waals surface area contributed by atoms with Crippen LogP contribution in [-0.4, -0.2) is 40.6 Å². The minimum absolute atomic E-state index is 0.0383. The van der Waals surface area contributed by atoms with Gasteiger partial charge in [0.2, 0.25) is 0 Å². The highest BCUT2D eigenvalue weighted by Gasteiger charge is 2.69. The molecule has 3 saturated carbocycles. The van der Waals surface area contributed by atoms with E-state index >= 15 is 0 Å². The smallest absolute Gasteiger partial charge is 0.302 e. The standard InChI is InChI=1S/C31H46O6/c1-18(2)9-8-13-30(6,35)28-26(36-19(3)32)16-25-23-11-10-21-15-22(34)12-14-29(21,5)24(23)17-27(31(25,28)7)37-20(4)33/h12,14-15,18,23-28,35H,8-11,13,16-17H2,1-7H3/t23-,24+,25-,26-,27+,28+,29-,30-,31+/m0/s1. The van der Waals surface area contributed by atoms with Crippen molar-refractivity contribution in [3.8, 4) is 0 Å². The van der Waals surface area contributed by atoms with Crippen molar-refractivity contribution in [2.24, 2.45) is 40.4 Å². The summed E-state index contributed by atoms with van der Waals surface area (Å²) in [7, 11) is 0. The molecule has 0 radical (unpaired) electrons. The summed E-state index contributed by atoms with van der Waals surface area (Å²) >= 11 is 0. The first-order chi connectivity index (χ1) is 17.2. The van der Waals surface area contributed by atoms with E-state index in [0.717, 1.165) is 31.3 Å². The van der Waals surface area contributed by atoms with Crippen LogP contribution in [0.2, 0.25) is 0 Å². The van der Waals surface area contributed by atoms with Gasteiger partial charge in [0.25, 0.3) is 0 Å². The van der Waals surface area contributed by atoms with Crippen LogP contribution in [-0.2, 0) is 23.9 Å². The van der Waals surface area contributed by atoms with E-state index in [1.807, 2.05) is 6.92 Å². The molecule has 4 rings (SSSR count). The molecule has 0 heterocycles. The van der Waals surface area contributed by atoms with Crippen molar-refractivity contribution in [2.45, 2.75) is 111 Å². The maximum absolute atomic E-state index is 12.4. The van der Waals surface area contributed by atoms with Gasteiger partial charge in [0.15, 0.2) is 5.78 Å². The number of rotatable bonds is 7. The fourth-order valence-electron chi connectivity index (χ4n) is 8.94. The van der Waals surface area contributed by atoms with Gasteiger partial charge in [-0.1, -0.05) is 52.2 Å². The molecule has 0 spiro atoms. The number of carbonyl (C=O) groups excluding carboxylic acids is 3. The predicted molar refractivity (Wildman–Crippen MR) is 141 cm³/mol. The third-order valence-electron chi connectivity index (χ3n) is 10.4. The highest BCUT2D eigenvalue weighted by Crippen LogP contribution is 2.68. The van der Waals surface area contributed by atoms with Crippen LogP contribution in [0.5, 0.6) is 0 Å². The van der Waals surface area contributed by atoms with Crippen LogP contribution < -0.4 is 0 Å². The summed E-state index contributed by atoms with van der Waals surface area (Å²) in [5.74, 6) is 0.182. The average Bonchev–Trinajstić information content (AvgIpc) is 3.07. The summed E-state index contributed by atoms with van der Waals surface area (Å²) in [5, 5.41) is 12.0. The lowest BCUT2D eigenvalue weighted by atomic mass is 9.46. The van der Waals surface area contributed by atoms with Crippen molar-refractivity contribution in [1.29, 1.82) is 0 Å². The predicted octanol–water partition coefficient (Wildman–Crippen LogP) is 5.57. The van der Waals surface area contributed by atoms with E-state index < -0.39 is 23.2 Å². The van der Waals surface area contributed by atoms with Gasteiger partial charge in [-0.15, -0.1) is 0 Å². The van der Waals surface area contributed by atoms with Gasteiger partial charge >= 0.3 is 11.9 Å². The highest BCUT2D eigenvalue weighted by molar-refractivity contribution is 6.01. The molecule has 4 aliphatic rings. The Balaban J connectivity index is 1.77. The SMILES string of the molecule is CC(=O)O[C@H]1C[C@H]2[C@H]3CCC4=CC(=O)C=C[C@]4(C)[C@@H]3C[C@@H](OC(C)=O)[C@]2(C)[C@H]1[C@@](C)(O)CCCC(C)C. The van der Waals surface area contributed by atoms with Crippen molar-refractivity contribution < 1.29 is 29.0 Å². The molecule has 3 fully saturated rings.